The van der Waals surface area contributed by atoms with Crippen molar-refractivity contribution >= 4 is 81.4 Å². The number of nitrogens with zero attached hydrogens (tertiary/aromatic N) is 2. The van der Waals surface area contributed by atoms with Gasteiger partial charge in [0.1, 0.15) is 0 Å². The lowest BCUT2D eigenvalue weighted by Crippen LogP contribution is -2.32. The molecule has 14 heteroatoms. The van der Waals surface area contributed by atoms with Gasteiger partial charge in [-0.25, -0.2) is 17.6 Å². The van der Waals surface area contributed by atoms with Crippen LogP contribution in [-0.2, 0) is 22.7 Å². The number of fused-ring (bicyclic) bond motifs is 1. The zero-order chi connectivity index (χ0) is 48.0. The summed E-state index contributed by atoms with van der Waals surface area (Å²) in [6, 6.07) is 34.1. The molecule has 0 radical (unpaired) electrons. The Bertz CT molecular complexity index is 2880. The van der Waals surface area contributed by atoms with Crippen LogP contribution in [0, 0.1) is 35.1 Å². The summed E-state index contributed by atoms with van der Waals surface area (Å²) >= 11 is 37.8. The summed E-state index contributed by atoms with van der Waals surface area (Å²) in [6.45, 7) is 1.42. The summed E-state index contributed by atoms with van der Waals surface area (Å²) in [7, 11) is 0. The molecule has 2 aliphatic heterocycles. The van der Waals surface area contributed by atoms with E-state index in [4.69, 9.17) is 69.6 Å². The van der Waals surface area contributed by atoms with Crippen molar-refractivity contribution in [2.45, 2.75) is 62.4 Å². The third-order valence-electron chi connectivity index (χ3n) is 14.0. The first kappa shape index (κ1) is 48.5. The Kier molecular flexibility index (Phi) is 14.6. The van der Waals surface area contributed by atoms with Gasteiger partial charge in [0.25, 0.3) is 0 Å². The quantitative estimate of drug-likeness (QED) is 0.143. The van der Waals surface area contributed by atoms with Gasteiger partial charge in [0, 0.05) is 73.7 Å². The van der Waals surface area contributed by atoms with E-state index >= 15 is 0 Å². The summed E-state index contributed by atoms with van der Waals surface area (Å²) in [5, 5.41) is 3.67. The van der Waals surface area contributed by atoms with Crippen molar-refractivity contribution in [3.8, 4) is 0 Å². The lowest BCUT2D eigenvalue weighted by atomic mass is 9.63. The molecular weight excluding hydrogens is 997 g/mol. The first-order chi connectivity index (χ1) is 32.6. The van der Waals surface area contributed by atoms with Gasteiger partial charge in [-0.2, -0.15) is 0 Å². The van der Waals surface area contributed by atoms with Gasteiger partial charge in [-0.05, 0) is 161 Å². The van der Waals surface area contributed by atoms with E-state index in [2.05, 4.69) is 0 Å². The number of hydrogen-bond acceptors (Lipinski definition) is 2. The molecule has 6 atom stereocenters. The van der Waals surface area contributed by atoms with Crippen LogP contribution in [-0.4, -0.2) is 34.7 Å². The average Bonchev–Trinajstić information content (AvgIpc) is 3.80. The van der Waals surface area contributed by atoms with Gasteiger partial charge in [0.05, 0.1) is 0 Å². The lowest BCUT2D eigenvalue weighted by molar-refractivity contribution is -0.132. The second kappa shape index (κ2) is 20.4. The fourth-order valence-corrected chi connectivity index (χ4v) is 12.3. The zero-order valence-electron chi connectivity index (χ0n) is 36.2. The molecule has 2 amide bonds. The van der Waals surface area contributed by atoms with Crippen LogP contribution in [0.1, 0.15) is 82.7 Å². The zero-order valence-corrected chi connectivity index (χ0v) is 40.7. The molecule has 0 spiro atoms. The van der Waals surface area contributed by atoms with Crippen LogP contribution in [0.15, 0.2) is 132 Å². The van der Waals surface area contributed by atoms with Crippen LogP contribution in [0.5, 0.6) is 0 Å². The predicted octanol–water partition coefficient (Wildman–Crippen LogP) is 15.8. The Hall–Kier alpha value is -4.54. The highest BCUT2D eigenvalue weighted by Gasteiger charge is 2.50. The van der Waals surface area contributed by atoms with Gasteiger partial charge in [-0.15, -0.1) is 0 Å². The van der Waals surface area contributed by atoms with E-state index in [0.717, 1.165) is 76.9 Å². The fourth-order valence-electron chi connectivity index (χ4n) is 10.9. The Morgan fingerprint density at radius 2 is 1.00 bits per heavy atom. The van der Waals surface area contributed by atoms with Crippen molar-refractivity contribution in [3.05, 3.63) is 219 Å². The molecule has 2 fully saturated rings. The number of carbonyl (C=O) groups is 2. The fraction of sp³-hybridized carbons (Fsp3) is 0.259. The van der Waals surface area contributed by atoms with E-state index in [9.17, 15) is 27.2 Å². The average molecular weight is 1040 g/mol. The Morgan fingerprint density at radius 3 is 1.54 bits per heavy atom. The maximum Gasteiger partial charge on any atom is 0.250 e. The number of carbonyl (C=O) groups excluding carboxylic acids is 2. The minimum absolute atomic E-state index is 0.0496. The minimum Gasteiger partial charge on any atom is -0.338 e. The van der Waals surface area contributed by atoms with Crippen molar-refractivity contribution in [2.75, 3.05) is 13.1 Å². The second-order valence-corrected chi connectivity index (χ2v) is 20.5. The smallest absolute Gasteiger partial charge is 0.250 e. The number of benzene rings is 6. The number of rotatable bonds is 8. The molecule has 2 heterocycles. The van der Waals surface area contributed by atoms with Crippen LogP contribution in [0.3, 0.4) is 0 Å². The Labute approximate surface area is 422 Å². The molecule has 68 heavy (non-hydrogen) atoms. The van der Waals surface area contributed by atoms with Crippen LogP contribution < -0.4 is 0 Å². The molecule has 1 saturated heterocycles. The monoisotopic (exact) mass is 1040 g/mol. The van der Waals surface area contributed by atoms with Crippen molar-refractivity contribution in [3.63, 3.8) is 0 Å². The lowest BCUT2D eigenvalue weighted by Gasteiger charge is -2.40. The molecular formula is C54H42Cl6F4N2O2. The number of hydrogen-bond donors (Lipinski definition) is 0. The molecule has 0 unspecified atom stereocenters. The molecule has 1 saturated carbocycles. The van der Waals surface area contributed by atoms with Crippen molar-refractivity contribution < 1.29 is 27.2 Å². The molecule has 6 aromatic rings. The van der Waals surface area contributed by atoms with Crippen LogP contribution >= 0.6 is 69.6 Å². The highest BCUT2D eigenvalue weighted by molar-refractivity contribution is 6.35. The Balaban J connectivity index is 0.000000170. The topological polar surface area (TPSA) is 40.6 Å². The predicted molar refractivity (Wildman–Crippen MR) is 263 cm³/mol. The molecule has 0 bridgehead atoms. The minimum atomic E-state index is -0.918. The molecule has 4 nitrogen and oxygen atoms in total. The summed E-state index contributed by atoms with van der Waals surface area (Å²) in [5.41, 5.74) is 7.13. The van der Waals surface area contributed by atoms with E-state index in [1.54, 1.807) is 21.9 Å². The highest BCUT2D eigenvalue weighted by Crippen LogP contribution is 2.55. The summed E-state index contributed by atoms with van der Waals surface area (Å²) in [4.78, 5) is 30.2. The van der Waals surface area contributed by atoms with Crippen molar-refractivity contribution in [1.29, 1.82) is 0 Å². The van der Waals surface area contributed by atoms with E-state index in [1.165, 1.54) is 12.1 Å². The maximum atomic E-state index is 13.8. The van der Waals surface area contributed by atoms with Crippen LogP contribution in [0.2, 0.25) is 30.1 Å². The van der Waals surface area contributed by atoms with Gasteiger partial charge in [-0.1, -0.05) is 118 Å². The summed E-state index contributed by atoms with van der Waals surface area (Å²) in [6.07, 6.45) is 2.92. The maximum absolute atomic E-state index is 13.8. The van der Waals surface area contributed by atoms with Gasteiger partial charge in [0.15, 0.2) is 23.3 Å². The van der Waals surface area contributed by atoms with E-state index < -0.39 is 23.3 Å². The number of amides is 2. The number of halogens is 10. The molecule has 4 aliphatic rings. The first-order valence-electron chi connectivity index (χ1n) is 22.2. The normalized spacial score (nSPS) is 22.3. The van der Waals surface area contributed by atoms with Gasteiger partial charge < -0.3 is 9.80 Å². The van der Waals surface area contributed by atoms with E-state index in [-0.39, 0.29) is 60.4 Å². The summed E-state index contributed by atoms with van der Waals surface area (Å²) in [5.74, 6) is -3.53. The van der Waals surface area contributed by atoms with Crippen molar-refractivity contribution in [1.82, 2.24) is 9.80 Å². The van der Waals surface area contributed by atoms with Crippen LogP contribution in [0.4, 0.5) is 17.6 Å². The molecule has 6 aromatic carbocycles. The van der Waals surface area contributed by atoms with Crippen LogP contribution in [0.25, 0.3) is 0 Å². The van der Waals surface area contributed by atoms with Gasteiger partial charge in [0.2, 0.25) is 11.8 Å². The SMILES string of the molecule is O=C1C2=C(CN1Cc1ccc(F)c(F)c1)[C@@H](c1ccc(Cl)cc1)[C@@H](c1ccc(Cl)cc1Cl)CC2.O=C1[C@@H]2CC[C@H](c3ccc(Cl)cc3Cl)[C@H](c3ccc(Cl)cc3)[C@@H]2CN1Cc1ccc(F)c(F)c1. The van der Waals surface area contributed by atoms with Gasteiger partial charge >= 0.3 is 0 Å². The third-order valence-corrected chi connectivity index (χ3v) is 15.6. The molecule has 2 aliphatic carbocycles. The Morgan fingerprint density at radius 1 is 0.500 bits per heavy atom. The number of likely N-dealkylation sites (tertiary alicyclic amines) is 1. The summed E-state index contributed by atoms with van der Waals surface area (Å²) < 4.78 is 54.2. The third kappa shape index (κ3) is 10.1. The highest BCUT2D eigenvalue weighted by atomic mass is 35.5. The molecule has 0 aromatic heterocycles. The van der Waals surface area contributed by atoms with E-state index in [0.29, 0.717) is 60.8 Å². The van der Waals surface area contributed by atoms with E-state index in [1.807, 2.05) is 72.8 Å². The standard InChI is InChI=1S/C27H22Cl3F2NO.C27H20Cl3F2NO/c2*28-17-4-2-16(3-5-17)26-20(19-7-6-18(29)12-23(19)30)8-9-21-22(26)14-33(27(21)34)13-15-1-10-24(31)25(32)11-15/h1-7,10-12,20-22,26H,8-9,13-14H2;1-7,10-12,20,26H,8-9,13-14H2/t20-,21-,22-,26+;20-,26+/m11/s1. The largest absolute Gasteiger partial charge is 0.338 e. The van der Waals surface area contributed by atoms with Crippen molar-refractivity contribution in [2.24, 2.45) is 11.8 Å². The molecule has 10 rings (SSSR count). The molecule has 0 N–H and O–H groups in total. The first-order valence-corrected chi connectivity index (χ1v) is 24.5. The molecule has 350 valence electrons. The van der Waals surface area contributed by atoms with Gasteiger partial charge in [-0.3, -0.25) is 9.59 Å². The second-order valence-electron chi connectivity index (χ2n) is 17.9.